The van der Waals surface area contributed by atoms with Gasteiger partial charge in [-0.1, -0.05) is 0 Å². The van der Waals surface area contributed by atoms with Crippen molar-refractivity contribution in [1.29, 1.82) is 0 Å². The van der Waals surface area contributed by atoms with Crippen LogP contribution in [0.3, 0.4) is 0 Å². The zero-order chi connectivity index (χ0) is 32.2. The Labute approximate surface area is 244 Å². The first kappa shape index (κ1) is 29.9. The summed E-state index contributed by atoms with van der Waals surface area (Å²) in [5, 5.41) is 100. The van der Waals surface area contributed by atoms with Crippen LogP contribution in [-0.2, 0) is 9.47 Å². The van der Waals surface area contributed by atoms with E-state index in [1.807, 2.05) is 0 Å². The van der Waals surface area contributed by atoms with Gasteiger partial charge in [0.25, 0.3) is 0 Å². The first-order valence-corrected chi connectivity index (χ1v) is 12.6. The van der Waals surface area contributed by atoms with Crippen LogP contribution in [0.15, 0.2) is 45.6 Å². The summed E-state index contributed by atoms with van der Waals surface area (Å²) in [6, 6.07) is 5.08. The number of hydrogen-bond acceptors (Lipinski definition) is 16. The molecule has 10 N–H and O–H groups in total. The Morgan fingerprint density at radius 1 is 0.773 bits per heavy atom. The molecule has 232 valence electrons. The molecule has 0 bridgehead atoms. The molecular weight excluding hydrogens is 592 g/mol. The number of aliphatic hydroxyl groups excluding tert-OH is 2. The van der Waals surface area contributed by atoms with Gasteiger partial charge in [0.15, 0.2) is 52.5 Å². The maximum atomic E-state index is 13.6. The summed E-state index contributed by atoms with van der Waals surface area (Å²) < 4.78 is 22.1. The number of aliphatic hydroxyl groups is 2. The number of benzene rings is 3. The molecule has 0 aliphatic carbocycles. The Morgan fingerprint density at radius 3 is 1.93 bits per heavy atom. The van der Waals surface area contributed by atoms with Crippen molar-refractivity contribution in [2.45, 2.75) is 37.6 Å². The highest BCUT2D eigenvalue weighted by atomic mass is 16.7. The molecule has 0 amide bonds. The first-order chi connectivity index (χ1) is 20.7. The zero-order valence-corrected chi connectivity index (χ0v) is 22.3. The van der Waals surface area contributed by atoms with Gasteiger partial charge in [-0.2, -0.15) is 0 Å². The van der Waals surface area contributed by atoms with Gasteiger partial charge in [-0.05, 0) is 31.2 Å². The predicted molar refractivity (Wildman–Crippen MR) is 144 cm³/mol. The summed E-state index contributed by atoms with van der Waals surface area (Å²) in [5.74, 6) is -9.03. The average molecular weight is 616 g/mol. The van der Waals surface area contributed by atoms with Gasteiger partial charge in [0.2, 0.25) is 17.5 Å². The van der Waals surface area contributed by atoms with Crippen LogP contribution in [0, 0.1) is 0 Å². The van der Waals surface area contributed by atoms with Gasteiger partial charge < -0.3 is 69.7 Å². The number of phenols is 8. The fourth-order valence-corrected chi connectivity index (χ4v) is 4.56. The van der Waals surface area contributed by atoms with Gasteiger partial charge in [0.1, 0.15) is 28.6 Å². The number of esters is 1. The lowest BCUT2D eigenvalue weighted by atomic mass is 9.99. The van der Waals surface area contributed by atoms with E-state index in [9.17, 15) is 60.7 Å². The van der Waals surface area contributed by atoms with E-state index >= 15 is 0 Å². The minimum absolute atomic E-state index is 0.261. The number of ether oxygens (including phenoxy) is 3. The molecule has 5 atom stereocenters. The molecule has 0 spiro atoms. The molecule has 16 nitrogen and oxygen atoms in total. The molecule has 2 heterocycles. The third kappa shape index (κ3) is 5.13. The van der Waals surface area contributed by atoms with Crippen molar-refractivity contribution in [2.24, 2.45) is 0 Å². The molecule has 5 rings (SSSR count). The summed E-state index contributed by atoms with van der Waals surface area (Å²) in [7, 11) is 0. The fourth-order valence-electron chi connectivity index (χ4n) is 4.56. The van der Waals surface area contributed by atoms with Crippen LogP contribution in [0.5, 0.6) is 51.7 Å². The number of hydrogen-bond donors (Lipinski definition) is 10. The van der Waals surface area contributed by atoms with Crippen LogP contribution >= 0.6 is 0 Å². The summed E-state index contributed by atoms with van der Waals surface area (Å²) in [5.41, 5.74) is -2.20. The number of carbonyl (C=O) groups excluding carboxylic acids is 1. The molecule has 1 aliphatic rings. The zero-order valence-electron chi connectivity index (χ0n) is 22.3. The highest BCUT2D eigenvalue weighted by molar-refractivity contribution is 5.91. The Kier molecular flexibility index (Phi) is 7.42. The molecule has 1 fully saturated rings. The van der Waals surface area contributed by atoms with E-state index in [-0.39, 0.29) is 11.1 Å². The number of rotatable bonds is 5. The first-order valence-electron chi connectivity index (χ1n) is 12.6. The SMILES string of the molecule is C[C@@H]1OC(Oc2c(-c3cc(O)c(O)c(O)c3)oc3cc(O)cc(O)c3c2=O)[C@H](O)[C@H](OC(=O)c2cc(O)c(O)c(O)c2)C1O. The van der Waals surface area contributed by atoms with E-state index in [2.05, 4.69) is 0 Å². The second-order valence-corrected chi connectivity index (χ2v) is 9.83. The van der Waals surface area contributed by atoms with Crippen molar-refractivity contribution >= 4 is 16.9 Å². The van der Waals surface area contributed by atoms with E-state index in [4.69, 9.17) is 18.6 Å². The molecular formula is C28H24O16. The molecule has 0 radical (unpaired) electrons. The van der Waals surface area contributed by atoms with E-state index in [1.165, 1.54) is 6.92 Å². The summed E-state index contributed by atoms with van der Waals surface area (Å²) in [4.78, 5) is 26.4. The average Bonchev–Trinajstić information content (AvgIpc) is 2.95. The maximum absolute atomic E-state index is 13.6. The van der Waals surface area contributed by atoms with E-state index in [0.29, 0.717) is 0 Å². The maximum Gasteiger partial charge on any atom is 0.338 e. The van der Waals surface area contributed by atoms with Crippen molar-refractivity contribution in [3.63, 3.8) is 0 Å². The second-order valence-electron chi connectivity index (χ2n) is 9.83. The number of fused-ring (bicyclic) bond motifs is 1. The lowest BCUT2D eigenvalue weighted by molar-refractivity contribution is -0.267. The Balaban J connectivity index is 1.57. The van der Waals surface area contributed by atoms with Gasteiger partial charge in [-0.3, -0.25) is 4.79 Å². The topological polar surface area (TPSA) is 277 Å². The minimum atomic E-state index is -2.04. The molecule has 16 heteroatoms. The molecule has 1 aliphatic heterocycles. The molecule has 3 aromatic carbocycles. The van der Waals surface area contributed by atoms with Crippen LogP contribution in [0.4, 0.5) is 0 Å². The van der Waals surface area contributed by atoms with E-state index < -0.39 is 111 Å². The third-order valence-electron chi connectivity index (χ3n) is 6.81. The normalized spacial score (nSPS) is 21.7. The Hall–Kier alpha value is -5.58. The minimum Gasteiger partial charge on any atom is -0.508 e. The highest BCUT2D eigenvalue weighted by Gasteiger charge is 2.47. The second kappa shape index (κ2) is 10.9. The third-order valence-corrected chi connectivity index (χ3v) is 6.81. The number of aromatic hydroxyl groups is 8. The smallest absolute Gasteiger partial charge is 0.338 e. The largest absolute Gasteiger partial charge is 0.508 e. The van der Waals surface area contributed by atoms with Crippen LogP contribution in [0.1, 0.15) is 17.3 Å². The van der Waals surface area contributed by atoms with Crippen molar-refractivity contribution < 1.29 is 74.5 Å². The molecule has 1 aromatic heterocycles. The summed E-state index contributed by atoms with van der Waals surface area (Å²) in [6.07, 6.45) is -8.66. The lowest BCUT2D eigenvalue weighted by Crippen LogP contribution is -2.59. The quantitative estimate of drug-likeness (QED) is 0.111. The molecule has 0 saturated carbocycles. The van der Waals surface area contributed by atoms with Gasteiger partial charge >= 0.3 is 5.97 Å². The summed E-state index contributed by atoms with van der Waals surface area (Å²) >= 11 is 0. The summed E-state index contributed by atoms with van der Waals surface area (Å²) in [6.45, 7) is 1.31. The van der Waals surface area contributed by atoms with Gasteiger partial charge in [-0.25, -0.2) is 4.79 Å². The monoisotopic (exact) mass is 616 g/mol. The number of carbonyl (C=O) groups is 1. The van der Waals surface area contributed by atoms with Gasteiger partial charge in [0.05, 0.1) is 11.7 Å². The van der Waals surface area contributed by atoms with E-state index in [1.54, 1.807) is 0 Å². The number of phenolic OH excluding ortho intramolecular Hbond substituents is 8. The highest BCUT2D eigenvalue weighted by Crippen LogP contribution is 2.43. The Bertz CT molecular complexity index is 1800. The van der Waals surface area contributed by atoms with Crippen LogP contribution in [-0.4, -0.2) is 87.7 Å². The molecule has 1 saturated heterocycles. The van der Waals surface area contributed by atoms with Gasteiger partial charge in [-0.15, -0.1) is 0 Å². The predicted octanol–water partition coefficient (Wildman–Crippen LogP) is 1.18. The molecule has 44 heavy (non-hydrogen) atoms. The van der Waals surface area contributed by atoms with Crippen molar-refractivity contribution in [3.8, 4) is 63.1 Å². The van der Waals surface area contributed by atoms with Crippen LogP contribution < -0.4 is 10.2 Å². The fraction of sp³-hybridized carbons (Fsp3) is 0.214. The lowest BCUT2D eigenvalue weighted by Gasteiger charge is -2.40. The van der Waals surface area contributed by atoms with Crippen molar-refractivity contribution in [2.75, 3.05) is 0 Å². The van der Waals surface area contributed by atoms with Crippen LogP contribution in [0.25, 0.3) is 22.3 Å². The molecule has 4 aromatic rings. The van der Waals surface area contributed by atoms with Crippen molar-refractivity contribution in [3.05, 3.63) is 52.2 Å². The van der Waals surface area contributed by atoms with Gasteiger partial charge in [0, 0.05) is 17.7 Å². The standard InChI is InChI=1S/C28H24O16/c1-8-19(35)25(43-27(40)10-4-15(33)21(37)16(34)5-10)23(39)28(41-8)44-26-22(38)18-12(30)6-11(29)7-17(18)42-24(26)9-2-13(31)20(36)14(32)3-9/h2-8,19,23,25,28-37,39H,1H3/t8-,19?,23+,25+,28?/m0/s1. The van der Waals surface area contributed by atoms with E-state index in [0.717, 1.165) is 36.4 Å². The van der Waals surface area contributed by atoms with Crippen molar-refractivity contribution in [1.82, 2.24) is 0 Å². The van der Waals surface area contributed by atoms with Crippen LogP contribution in [0.2, 0.25) is 0 Å². The molecule has 2 unspecified atom stereocenters. The Morgan fingerprint density at radius 2 is 1.34 bits per heavy atom.